The molecule has 0 amide bonds. The summed E-state index contributed by atoms with van der Waals surface area (Å²) >= 11 is 8.12. The fraction of sp³-hybridized carbons (Fsp3) is 0.714. The van der Waals surface area contributed by atoms with E-state index in [1.54, 1.807) is 13.8 Å². The number of carboxylic acids is 1. The lowest BCUT2D eigenvalue weighted by Gasteiger charge is -1.92. The highest BCUT2D eigenvalue weighted by atomic mass is 32.1. The van der Waals surface area contributed by atoms with Gasteiger partial charge < -0.3 is 9.84 Å². The first-order chi connectivity index (χ1) is 5.41. The molecule has 0 atom stereocenters. The van der Waals surface area contributed by atoms with Crippen molar-refractivity contribution in [2.45, 2.75) is 20.8 Å². The van der Waals surface area contributed by atoms with E-state index >= 15 is 0 Å². The van der Waals surface area contributed by atoms with Gasteiger partial charge in [-0.15, -0.1) is 0 Å². The first-order valence-electron chi connectivity index (χ1n) is 3.50. The van der Waals surface area contributed by atoms with E-state index in [1.165, 1.54) is 0 Å². The largest absolute Gasteiger partial charge is 0.481 e. The SMILES string of the molecule is CC(C)C(=O)O.CCOC(=S)S. The van der Waals surface area contributed by atoms with Crippen LogP contribution in [0.25, 0.3) is 0 Å². The first kappa shape index (κ1) is 14.2. The van der Waals surface area contributed by atoms with Crippen LogP contribution >= 0.6 is 24.8 Å². The summed E-state index contributed by atoms with van der Waals surface area (Å²) in [6, 6.07) is 0. The summed E-state index contributed by atoms with van der Waals surface area (Å²) in [5, 5.41) is 7.99. The molecule has 0 fully saturated rings. The fourth-order valence-corrected chi connectivity index (χ4v) is 0.370. The lowest BCUT2D eigenvalue weighted by atomic mass is 10.2. The van der Waals surface area contributed by atoms with Gasteiger partial charge in [0.1, 0.15) is 0 Å². The molecule has 5 heteroatoms. The van der Waals surface area contributed by atoms with Crippen LogP contribution in [0.1, 0.15) is 20.8 Å². The van der Waals surface area contributed by atoms with Crippen LogP contribution in [0, 0.1) is 5.92 Å². The minimum absolute atomic E-state index is 0.231. The van der Waals surface area contributed by atoms with Crippen molar-refractivity contribution < 1.29 is 14.6 Å². The second kappa shape index (κ2) is 8.80. The van der Waals surface area contributed by atoms with E-state index in [-0.39, 0.29) is 5.92 Å². The zero-order chi connectivity index (χ0) is 10.1. The summed E-state index contributed by atoms with van der Waals surface area (Å²) < 4.78 is 4.95. The molecule has 72 valence electrons. The average molecular weight is 210 g/mol. The highest BCUT2D eigenvalue weighted by Crippen LogP contribution is 1.87. The summed E-state index contributed by atoms with van der Waals surface area (Å²) in [5.74, 6) is -0.972. The molecule has 0 heterocycles. The minimum atomic E-state index is -0.741. The Kier molecular flexibility index (Phi) is 10.5. The molecule has 0 radical (unpaired) electrons. The molecule has 0 saturated carbocycles. The zero-order valence-corrected chi connectivity index (χ0v) is 9.11. The number of carbonyl (C=O) groups is 1. The topological polar surface area (TPSA) is 46.5 Å². The van der Waals surface area contributed by atoms with Crippen LogP contribution in [-0.4, -0.2) is 22.1 Å². The van der Waals surface area contributed by atoms with Crippen molar-refractivity contribution in [1.29, 1.82) is 0 Å². The first-order valence-corrected chi connectivity index (χ1v) is 4.35. The van der Waals surface area contributed by atoms with Crippen LogP contribution < -0.4 is 0 Å². The van der Waals surface area contributed by atoms with Gasteiger partial charge in [-0.3, -0.25) is 4.79 Å². The number of thiocarbonyl (C=S) groups is 1. The third-order valence-electron chi connectivity index (χ3n) is 0.762. The van der Waals surface area contributed by atoms with Crippen LogP contribution in [0.2, 0.25) is 0 Å². The van der Waals surface area contributed by atoms with Gasteiger partial charge in [0, 0.05) is 0 Å². The number of hydrogen-bond donors (Lipinski definition) is 2. The smallest absolute Gasteiger partial charge is 0.305 e. The van der Waals surface area contributed by atoms with Gasteiger partial charge in [0.2, 0.25) is 4.38 Å². The lowest BCUT2D eigenvalue weighted by Crippen LogP contribution is -2.03. The Labute approximate surface area is 83.5 Å². The predicted molar refractivity (Wildman–Crippen MR) is 55.7 cm³/mol. The molecule has 1 N–H and O–H groups in total. The van der Waals surface area contributed by atoms with Crippen LogP contribution in [0.4, 0.5) is 0 Å². The van der Waals surface area contributed by atoms with Crippen molar-refractivity contribution in [3.05, 3.63) is 0 Å². The fourth-order valence-electron chi connectivity index (χ4n) is 0.123. The Morgan fingerprint density at radius 1 is 1.67 bits per heavy atom. The van der Waals surface area contributed by atoms with E-state index in [4.69, 9.17) is 5.11 Å². The zero-order valence-electron chi connectivity index (χ0n) is 7.40. The molecular formula is C7H14O3S2. The van der Waals surface area contributed by atoms with Crippen molar-refractivity contribution in [1.82, 2.24) is 0 Å². The second-order valence-electron chi connectivity index (χ2n) is 2.19. The molecule has 12 heavy (non-hydrogen) atoms. The van der Waals surface area contributed by atoms with E-state index in [0.29, 0.717) is 11.0 Å². The molecule has 0 unspecified atom stereocenters. The number of hydrogen-bond acceptors (Lipinski definition) is 3. The van der Waals surface area contributed by atoms with Gasteiger partial charge in [-0.2, -0.15) is 0 Å². The molecule has 0 aromatic rings. The number of rotatable bonds is 2. The maximum absolute atomic E-state index is 9.70. The Bertz CT molecular complexity index is 146. The second-order valence-corrected chi connectivity index (χ2v) is 3.27. The third kappa shape index (κ3) is 16.4. The summed E-state index contributed by atoms with van der Waals surface area (Å²) in [7, 11) is 0. The standard InChI is InChI=1S/C4H8O2.C3H6OS2/c1-3(2)4(5)6;1-2-4-3(5)6/h3H,1-2H3,(H,5,6);2H2,1H3,(H,5,6). The van der Waals surface area contributed by atoms with Gasteiger partial charge in [-0.05, 0) is 19.1 Å². The van der Waals surface area contributed by atoms with E-state index in [9.17, 15) is 4.79 Å². The van der Waals surface area contributed by atoms with Crippen molar-refractivity contribution in [3.8, 4) is 0 Å². The van der Waals surface area contributed by atoms with E-state index in [1.807, 2.05) is 6.92 Å². The Hall–Kier alpha value is -0.290. The van der Waals surface area contributed by atoms with Gasteiger partial charge in [0.05, 0.1) is 12.5 Å². The Balaban J connectivity index is 0. The molecule has 0 aromatic heterocycles. The van der Waals surface area contributed by atoms with Crippen LogP contribution in [0.15, 0.2) is 0 Å². The Morgan fingerprint density at radius 3 is 2.00 bits per heavy atom. The molecule has 0 aromatic carbocycles. The van der Waals surface area contributed by atoms with Gasteiger partial charge in [0.15, 0.2) is 0 Å². The average Bonchev–Trinajstić information content (AvgIpc) is 1.87. The molecule has 0 aliphatic heterocycles. The molecule has 0 aliphatic carbocycles. The number of carboxylic acid groups (broad SMARTS) is 1. The highest BCUT2D eigenvalue weighted by Gasteiger charge is 1.99. The molecular weight excluding hydrogens is 196 g/mol. The Morgan fingerprint density at radius 2 is 2.00 bits per heavy atom. The molecule has 0 spiro atoms. The van der Waals surface area contributed by atoms with Gasteiger partial charge in [0.25, 0.3) is 0 Å². The molecule has 0 aliphatic rings. The monoisotopic (exact) mass is 210 g/mol. The van der Waals surface area contributed by atoms with E-state index in [0.717, 1.165) is 0 Å². The minimum Gasteiger partial charge on any atom is -0.481 e. The lowest BCUT2D eigenvalue weighted by molar-refractivity contribution is -0.140. The quantitative estimate of drug-likeness (QED) is 0.540. The number of ether oxygens (including phenoxy) is 1. The van der Waals surface area contributed by atoms with Gasteiger partial charge >= 0.3 is 5.97 Å². The van der Waals surface area contributed by atoms with Crippen molar-refractivity contribution in [3.63, 3.8) is 0 Å². The van der Waals surface area contributed by atoms with Crippen molar-refractivity contribution in [2.75, 3.05) is 6.61 Å². The predicted octanol–water partition coefficient (Wildman–Crippen LogP) is 1.96. The van der Waals surface area contributed by atoms with Crippen LogP contribution in [0.5, 0.6) is 0 Å². The normalized spacial score (nSPS) is 8.42. The summed E-state index contributed by atoms with van der Waals surface area (Å²) in [6.45, 7) is 5.76. The van der Waals surface area contributed by atoms with Crippen molar-refractivity contribution >= 4 is 35.2 Å². The van der Waals surface area contributed by atoms with E-state index in [2.05, 4.69) is 29.6 Å². The molecule has 0 bridgehead atoms. The summed E-state index contributed by atoms with van der Waals surface area (Å²) in [5.41, 5.74) is 0. The van der Waals surface area contributed by atoms with E-state index < -0.39 is 5.97 Å². The third-order valence-corrected chi connectivity index (χ3v) is 1.01. The summed E-state index contributed by atoms with van der Waals surface area (Å²) in [4.78, 5) is 9.70. The molecule has 0 rings (SSSR count). The van der Waals surface area contributed by atoms with Gasteiger partial charge in [-0.1, -0.05) is 26.5 Å². The maximum Gasteiger partial charge on any atom is 0.305 e. The maximum atomic E-state index is 9.70. The molecule has 0 saturated heterocycles. The van der Waals surface area contributed by atoms with Crippen LogP contribution in [-0.2, 0) is 9.53 Å². The number of aliphatic carboxylic acids is 1. The number of thiol groups is 1. The van der Waals surface area contributed by atoms with Gasteiger partial charge in [-0.25, -0.2) is 0 Å². The highest BCUT2D eigenvalue weighted by molar-refractivity contribution is 8.10. The summed E-state index contributed by atoms with van der Waals surface area (Å²) in [6.07, 6.45) is 0. The van der Waals surface area contributed by atoms with Crippen LogP contribution in [0.3, 0.4) is 0 Å². The molecule has 3 nitrogen and oxygen atoms in total. The van der Waals surface area contributed by atoms with Crippen molar-refractivity contribution in [2.24, 2.45) is 5.92 Å².